The lowest BCUT2D eigenvalue weighted by Crippen LogP contribution is -2.07. The van der Waals surface area contributed by atoms with Gasteiger partial charge in [-0.05, 0) is 17.7 Å². The number of benzene rings is 1. The van der Waals surface area contributed by atoms with Gasteiger partial charge < -0.3 is 19.8 Å². The van der Waals surface area contributed by atoms with Crippen molar-refractivity contribution < 1.29 is 14.0 Å². The van der Waals surface area contributed by atoms with Gasteiger partial charge in [-0.2, -0.15) is 0 Å². The summed E-state index contributed by atoms with van der Waals surface area (Å²) < 4.78 is 23.4. The lowest BCUT2D eigenvalue weighted by molar-refractivity contribution is 0.164. The summed E-state index contributed by atoms with van der Waals surface area (Å²) in [7, 11) is 0.768. The summed E-state index contributed by atoms with van der Waals surface area (Å²) in [4.78, 5) is 0. The van der Waals surface area contributed by atoms with Crippen LogP contribution >= 0.6 is 7.14 Å². The van der Waals surface area contributed by atoms with Gasteiger partial charge in [-0.15, -0.1) is 0 Å². The third kappa shape index (κ3) is 3.06. The van der Waals surface area contributed by atoms with Crippen LogP contribution in [-0.4, -0.2) is 26.5 Å². The van der Waals surface area contributed by atoms with Crippen molar-refractivity contribution in [3.8, 4) is 5.75 Å². The summed E-state index contributed by atoms with van der Waals surface area (Å²) in [5.41, 5.74) is 7.24. The van der Waals surface area contributed by atoms with Gasteiger partial charge in [-0.25, -0.2) is 0 Å². The molecule has 0 amide bonds. The summed E-state index contributed by atoms with van der Waals surface area (Å²) in [5.74, 6) is 0.246. The molecule has 1 rings (SSSR count). The van der Waals surface area contributed by atoms with Crippen LogP contribution in [0.1, 0.15) is 25.3 Å². The summed E-state index contributed by atoms with van der Waals surface area (Å²) in [6.07, 6.45) is 1.22. The van der Waals surface area contributed by atoms with E-state index in [2.05, 4.69) is 0 Å². The van der Waals surface area contributed by atoms with Crippen LogP contribution in [-0.2, 0) is 9.30 Å². The van der Waals surface area contributed by atoms with E-state index < -0.39 is 13.0 Å². The van der Waals surface area contributed by atoms with Crippen molar-refractivity contribution in [1.29, 1.82) is 0 Å². The average Bonchev–Trinajstić information content (AvgIpc) is 2.38. The fourth-order valence-corrected chi connectivity index (χ4v) is 4.25. The zero-order valence-corrected chi connectivity index (χ0v) is 12.4. The SMILES string of the molecule is CCP(=O)(CC)C(OC)c1cc(N)cc(OC)c1. The molecule has 0 aromatic heterocycles. The van der Waals surface area contributed by atoms with Crippen molar-refractivity contribution >= 4 is 12.8 Å². The zero-order valence-electron chi connectivity index (χ0n) is 11.5. The Morgan fingerprint density at radius 1 is 1.22 bits per heavy atom. The topological polar surface area (TPSA) is 61.5 Å². The Morgan fingerprint density at radius 2 is 1.83 bits per heavy atom. The zero-order chi connectivity index (χ0) is 13.8. The summed E-state index contributed by atoms with van der Waals surface area (Å²) >= 11 is 0. The maximum absolute atomic E-state index is 12.8. The van der Waals surface area contributed by atoms with Crippen LogP contribution in [0.25, 0.3) is 0 Å². The van der Waals surface area contributed by atoms with E-state index in [9.17, 15) is 4.57 Å². The van der Waals surface area contributed by atoms with Crippen LogP contribution in [0.5, 0.6) is 5.75 Å². The number of rotatable bonds is 6. The van der Waals surface area contributed by atoms with Crippen molar-refractivity contribution in [3.63, 3.8) is 0 Å². The number of methoxy groups -OCH3 is 2. The molecule has 0 aliphatic rings. The second-order valence-electron chi connectivity index (χ2n) is 4.21. The van der Waals surface area contributed by atoms with E-state index in [1.54, 1.807) is 26.4 Å². The van der Waals surface area contributed by atoms with E-state index in [0.717, 1.165) is 5.56 Å². The quantitative estimate of drug-likeness (QED) is 0.637. The molecule has 5 heteroatoms. The van der Waals surface area contributed by atoms with Gasteiger partial charge in [0.25, 0.3) is 0 Å². The van der Waals surface area contributed by atoms with Gasteiger partial charge in [0.15, 0.2) is 0 Å². The molecule has 0 heterocycles. The molecule has 0 radical (unpaired) electrons. The Kier molecular flexibility index (Phi) is 5.24. The Balaban J connectivity index is 3.24. The molecule has 1 aromatic rings. The molecule has 2 N–H and O–H groups in total. The summed E-state index contributed by atoms with van der Waals surface area (Å²) in [6, 6.07) is 5.37. The maximum Gasteiger partial charge on any atom is 0.135 e. The van der Waals surface area contributed by atoms with Crippen molar-refractivity contribution in [2.24, 2.45) is 0 Å². The molecule has 4 nitrogen and oxygen atoms in total. The summed E-state index contributed by atoms with van der Waals surface area (Å²) in [5, 5.41) is 0. The Bertz CT molecular complexity index is 440. The largest absolute Gasteiger partial charge is 0.497 e. The van der Waals surface area contributed by atoms with E-state index in [0.29, 0.717) is 23.8 Å². The van der Waals surface area contributed by atoms with Crippen LogP contribution in [0.3, 0.4) is 0 Å². The first-order valence-electron chi connectivity index (χ1n) is 6.05. The molecule has 0 spiro atoms. The fraction of sp³-hybridized carbons (Fsp3) is 0.538. The second kappa shape index (κ2) is 6.26. The molecule has 0 aliphatic carbocycles. The first-order chi connectivity index (χ1) is 8.50. The molecule has 18 heavy (non-hydrogen) atoms. The van der Waals surface area contributed by atoms with Gasteiger partial charge in [0.05, 0.1) is 7.11 Å². The second-order valence-corrected chi connectivity index (χ2v) is 7.85. The van der Waals surface area contributed by atoms with E-state index in [4.69, 9.17) is 15.2 Å². The standard InChI is InChI=1S/C13H22NO3P/c1-5-18(15,6-2)13(17-4)10-7-11(14)9-12(8-10)16-3/h7-9,13H,5-6,14H2,1-4H3. The number of nitrogen functional groups attached to an aromatic ring is 1. The molecule has 1 unspecified atom stereocenters. The fourth-order valence-electron chi connectivity index (χ4n) is 2.06. The van der Waals surface area contributed by atoms with Crippen molar-refractivity contribution in [2.45, 2.75) is 19.7 Å². The summed E-state index contributed by atoms with van der Waals surface area (Å²) in [6.45, 7) is 3.86. The molecule has 0 bridgehead atoms. The van der Waals surface area contributed by atoms with Crippen LogP contribution in [0, 0.1) is 0 Å². The first-order valence-corrected chi connectivity index (χ1v) is 8.20. The Morgan fingerprint density at radius 3 is 2.28 bits per heavy atom. The van der Waals surface area contributed by atoms with Gasteiger partial charge >= 0.3 is 0 Å². The van der Waals surface area contributed by atoms with Gasteiger partial charge in [-0.1, -0.05) is 13.8 Å². The molecule has 0 saturated carbocycles. The molecule has 102 valence electrons. The highest BCUT2D eigenvalue weighted by Gasteiger charge is 2.31. The van der Waals surface area contributed by atoms with E-state index in [1.807, 2.05) is 19.9 Å². The van der Waals surface area contributed by atoms with Crippen LogP contribution < -0.4 is 10.5 Å². The average molecular weight is 271 g/mol. The van der Waals surface area contributed by atoms with Gasteiger partial charge in [0.1, 0.15) is 18.7 Å². The van der Waals surface area contributed by atoms with E-state index >= 15 is 0 Å². The third-order valence-corrected chi connectivity index (χ3v) is 6.70. The molecule has 0 aliphatic heterocycles. The minimum absolute atomic E-state index is 0.412. The van der Waals surface area contributed by atoms with E-state index in [1.165, 1.54) is 0 Å². The highest BCUT2D eigenvalue weighted by Crippen LogP contribution is 2.59. The molecule has 0 saturated heterocycles. The normalized spacial score (nSPS) is 13.3. The number of anilines is 1. The number of hydrogen-bond acceptors (Lipinski definition) is 4. The van der Waals surface area contributed by atoms with Gasteiger partial charge in [0, 0.05) is 31.2 Å². The molecular formula is C13H22NO3P. The van der Waals surface area contributed by atoms with Crippen molar-refractivity contribution in [3.05, 3.63) is 23.8 Å². The van der Waals surface area contributed by atoms with Crippen molar-refractivity contribution in [2.75, 3.05) is 32.3 Å². The minimum atomic E-state index is -2.40. The first kappa shape index (κ1) is 15.1. The van der Waals surface area contributed by atoms with E-state index in [-0.39, 0.29) is 0 Å². The molecular weight excluding hydrogens is 249 g/mol. The molecule has 1 atom stereocenters. The molecule has 0 fully saturated rings. The van der Waals surface area contributed by atoms with Crippen LogP contribution in [0.4, 0.5) is 5.69 Å². The highest BCUT2D eigenvalue weighted by molar-refractivity contribution is 7.64. The highest BCUT2D eigenvalue weighted by atomic mass is 31.2. The maximum atomic E-state index is 12.8. The predicted molar refractivity (Wildman–Crippen MR) is 75.8 cm³/mol. The lowest BCUT2D eigenvalue weighted by Gasteiger charge is -2.25. The predicted octanol–water partition coefficient (Wildman–Crippen LogP) is 3.33. The van der Waals surface area contributed by atoms with Crippen LogP contribution in [0.2, 0.25) is 0 Å². The van der Waals surface area contributed by atoms with Gasteiger partial charge in [-0.3, -0.25) is 0 Å². The lowest BCUT2D eigenvalue weighted by atomic mass is 10.2. The number of hydrogen-bond donors (Lipinski definition) is 1. The Hall–Kier alpha value is -0.990. The monoisotopic (exact) mass is 271 g/mol. The molecule has 1 aromatic carbocycles. The van der Waals surface area contributed by atoms with Crippen LogP contribution in [0.15, 0.2) is 18.2 Å². The Labute approximate surface area is 109 Å². The number of ether oxygens (including phenoxy) is 2. The smallest absolute Gasteiger partial charge is 0.135 e. The third-order valence-electron chi connectivity index (χ3n) is 3.19. The van der Waals surface area contributed by atoms with Gasteiger partial charge in [0.2, 0.25) is 0 Å². The number of nitrogens with two attached hydrogens (primary N) is 1. The van der Waals surface area contributed by atoms with Crippen molar-refractivity contribution in [1.82, 2.24) is 0 Å². The minimum Gasteiger partial charge on any atom is -0.497 e.